The Morgan fingerprint density at radius 3 is 1.36 bits per heavy atom. The first kappa shape index (κ1) is 18.2. The van der Waals surface area contributed by atoms with Crippen molar-refractivity contribution in [3.8, 4) is 0 Å². The summed E-state index contributed by atoms with van der Waals surface area (Å²) in [6.45, 7) is 12.2. The molecule has 0 aliphatic carbocycles. The van der Waals surface area contributed by atoms with Gasteiger partial charge in [0.15, 0.2) is 0 Å². The van der Waals surface area contributed by atoms with Crippen LogP contribution in [0.1, 0.15) is 85.2 Å². The maximum atomic E-state index is 12.2. The van der Waals surface area contributed by atoms with Gasteiger partial charge in [0.2, 0.25) is 0 Å². The van der Waals surface area contributed by atoms with Gasteiger partial charge in [0, 0.05) is 0 Å². The first-order valence-corrected chi connectivity index (χ1v) is 7.85. The van der Waals surface area contributed by atoms with Gasteiger partial charge in [-0.2, -0.15) is 0 Å². The molecule has 4 nitrogen and oxygen atoms in total. The molecule has 1 aromatic carbocycles. The summed E-state index contributed by atoms with van der Waals surface area (Å²) in [4.78, 5) is 24.4. The first-order chi connectivity index (χ1) is 10.3. The average Bonchev–Trinajstić information content (AvgIpc) is 2.46. The van der Waals surface area contributed by atoms with E-state index in [1.54, 1.807) is 26.0 Å². The van der Waals surface area contributed by atoms with Crippen LogP contribution in [0.15, 0.2) is 12.1 Å². The summed E-state index contributed by atoms with van der Waals surface area (Å²) in [7, 11) is 0. The highest BCUT2D eigenvalue weighted by Gasteiger charge is 2.23. The topological polar surface area (TPSA) is 52.6 Å². The molecule has 0 bridgehead atoms. The van der Waals surface area contributed by atoms with Crippen LogP contribution >= 0.6 is 0 Å². The van der Waals surface area contributed by atoms with Crippen LogP contribution in [0.2, 0.25) is 0 Å². The van der Waals surface area contributed by atoms with E-state index < -0.39 is 0 Å². The Balaban J connectivity index is 3.50. The minimum Gasteiger partial charge on any atom is -0.462 e. The molecule has 1 rings (SSSR count). The van der Waals surface area contributed by atoms with E-state index in [0.29, 0.717) is 24.3 Å². The quantitative estimate of drug-likeness (QED) is 0.736. The van der Waals surface area contributed by atoms with Crippen LogP contribution in [0.25, 0.3) is 0 Å². The molecule has 0 unspecified atom stereocenters. The lowest BCUT2D eigenvalue weighted by Gasteiger charge is -2.19. The molecule has 0 aromatic heterocycles. The summed E-state index contributed by atoms with van der Waals surface area (Å²) in [6.07, 6.45) is 0. The molecule has 0 radical (unpaired) electrons. The van der Waals surface area contributed by atoms with E-state index in [4.69, 9.17) is 9.47 Å². The van der Waals surface area contributed by atoms with Crippen molar-refractivity contribution in [3.05, 3.63) is 34.4 Å². The molecule has 4 heteroatoms. The van der Waals surface area contributed by atoms with E-state index in [1.165, 1.54) is 0 Å². The molecular formula is C18H26O4. The van der Waals surface area contributed by atoms with Crippen LogP contribution in [-0.2, 0) is 9.47 Å². The van der Waals surface area contributed by atoms with Crippen LogP contribution in [0.5, 0.6) is 0 Å². The highest BCUT2D eigenvalue weighted by molar-refractivity contribution is 5.96. The smallest absolute Gasteiger partial charge is 0.338 e. The lowest BCUT2D eigenvalue weighted by Crippen LogP contribution is -2.15. The van der Waals surface area contributed by atoms with E-state index in [1.807, 2.05) is 27.7 Å². The third kappa shape index (κ3) is 4.09. The number of esters is 2. The van der Waals surface area contributed by atoms with Crippen molar-refractivity contribution in [1.82, 2.24) is 0 Å². The number of carbonyl (C=O) groups excluding carboxylic acids is 2. The van der Waals surface area contributed by atoms with Crippen LogP contribution in [0.3, 0.4) is 0 Å². The molecule has 0 spiro atoms. The zero-order chi connectivity index (χ0) is 16.9. The molecular weight excluding hydrogens is 280 g/mol. The van der Waals surface area contributed by atoms with E-state index in [2.05, 4.69) is 0 Å². The van der Waals surface area contributed by atoms with Crippen LogP contribution < -0.4 is 0 Å². The standard InChI is InChI=1S/C18H26O4/c1-7-21-17(19)15-9-14(12(5)6)16(18(20)22-8-2)10-13(15)11(3)4/h9-12H,7-8H2,1-6H3. The molecule has 0 fully saturated rings. The van der Waals surface area contributed by atoms with E-state index >= 15 is 0 Å². The van der Waals surface area contributed by atoms with E-state index in [9.17, 15) is 9.59 Å². The second-order valence-corrected chi connectivity index (χ2v) is 5.78. The second-order valence-electron chi connectivity index (χ2n) is 5.78. The van der Waals surface area contributed by atoms with Gasteiger partial charge in [-0.1, -0.05) is 27.7 Å². The molecule has 0 saturated heterocycles. The van der Waals surface area contributed by atoms with Crippen LogP contribution in [-0.4, -0.2) is 25.2 Å². The van der Waals surface area contributed by atoms with E-state index in [0.717, 1.165) is 11.1 Å². The van der Waals surface area contributed by atoms with Gasteiger partial charge in [0.1, 0.15) is 0 Å². The highest BCUT2D eigenvalue weighted by atomic mass is 16.5. The zero-order valence-corrected chi connectivity index (χ0v) is 14.4. The molecule has 0 saturated carbocycles. The maximum Gasteiger partial charge on any atom is 0.338 e. The summed E-state index contributed by atoms with van der Waals surface area (Å²) in [5, 5.41) is 0. The molecule has 0 aliphatic heterocycles. The predicted molar refractivity (Wildman–Crippen MR) is 86.5 cm³/mol. The van der Waals surface area contributed by atoms with Gasteiger partial charge in [-0.25, -0.2) is 9.59 Å². The SMILES string of the molecule is CCOC(=O)c1cc(C(C)C)c(C(=O)OCC)cc1C(C)C. The Bertz CT molecular complexity index is 495. The summed E-state index contributed by atoms with van der Waals surface area (Å²) in [5.74, 6) is -0.477. The number of ether oxygens (including phenoxy) is 2. The number of hydrogen-bond donors (Lipinski definition) is 0. The lowest BCUT2D eigenvalue weighted by molar-refractivity contribution is 0.0508. The molecule has 1 aromatic rings. The largest absolute Gasteiger partial charge is 0.462 e. The molecule has 22 heavy (non-hydrogen) atoms. The van der Waals surface area contributed by atoms with Gasteiger partial charge in [-0.15, -0.1) is 0 Å². The number of hydrogen-bond acceptors (Lipinski definition) is 4. The Labute approximate surface area is 132 Å². The minimum atomic E-state index is -0.344. The van der Waals surface area contributed by atoms with Gasteiger partial charge in [0.25, 0.3) is 0 Å². The Morgan fingerprint density at radius 2 is 1.14 bits per heavy atom. The Morgan fingerprint density at radius 1 is 0.818 bits per heavy atom. The average molecular weight is 306 g/mol. The van der Waals surface area contributed by atoms with Gasteiger partial charge in [-0.3, -0.25) is 0 Å². The lowest BCUT2D eigenvalue weighted by atomic mass is 9.88. The predicted octanol–water partition coefficient (Wildman–Crippen LogP) is 4.29. The minimum absolute atomic E-state index is 0.105. The van der Waals surface area contributed by atoms with E-state index in [-0.39, 0.29) is 23.8 Å². The van der Waals surface area contributed by atoms with Gasteiger partial charge in [-0.05, 0) is 48.9 Å². The van der Waals surface area contributed by atoms with Crippen LogP contribution in [0.4, 0.5) is 0 Å². The molecule has 0 N–H and O–H groups in total. The number of rotatable bonds is 6. The summed E-state index contributed by atoms with van der Waals surface area (Å²) in [6, 6.07) is 3.56. The summed E-state index contributed by atoms with van der Waals surface area (Å²) in [5.41, 5.74) is 2.69. The molecule has 0 amide bonds. The van der Waals surface area contributed by atoms with Crippen molar-refractivity contribution >= 4 is 11.9 Å². The third-order valence-corrected chi connectivity index (χ3v) is 3.46. The van der Waals surface area contributed by atoms with Crippen molar-refractivity contribution in [2.24, 2.45) is 0 Å². The number of carbonyl (C=O) groups is 2. The molecule has 0 aliphatic rings. The molecule has 0 atom stereocenters. The molecule has 122 valence electrons. The second kappa shape index (κ2) is 7.97. The summed E-state index contributed by atoms with van der Waals surface area (Å²) < 4.78 is 10.3. The third-order valence-electron chi connectivity index (χ3n) is 3.46. The van der Waals surface area contributed by atoms with Crippen molar-refractivity contribution in [1.29, 1.82) is 0 Å². The monoisotopic (exact) mass is 306 g/mol. The zero-order valence-electron chi connectivity index (χ0n) is 14.4. The van der Waals surface area contributed by atoms with Crippen molar-refractivity contribution < 1.29 is 19.1 Å². The fourth-order valence-corrected chi connectivity index (χ4v) is 2.36. The Hall–Kier alpha value is -1.84. The van der Waals surface area contributed by atoms with Gasteiger partial charge < -0.3 is 9.47 Å². The van der Waals surface area contributed by atoms with Crippen LogP contribution in [0, 0.1) is 0 Å². The Kier molecular flexibility index (Phi) is 6.60. The normalized spacial score (nSPS) is 10.9. The first-order valence-electron chi connectivity index (χ1n) is 7.85. The van der Waals surface area contributed by atoms with Gasteiger partial charge >= 0.3 is 11.9 Å². The fourth-order valence-electron chi connectivity index (χ4n) is 2.36. The number of benzene rings is 1. The van der Waals surface area contributed by atoms with Gasteiger partial charge in [0.05, 0.1) is 24.3 Å². The fraction of sp³-hybridized carbons (Fsp3) is 0.556. The van der Waals surface area contributed by atoms with Crippen molar-refractivity contribution in [2.75, 3.05) is 13.2 Å². The highest BCUT2D eigenvalue weighted by Crippen LogP contribution is 2.29. The molecule has 0 heterocycles. The summed E-state index contributed by atoms with van der Waals surface area (Å²) >= 11 is 0. The van der Waals surface area contributed by atoms with Crippen molar-refractivity contribution in [2.45, 2.75) is 53.4 Å². The maximum absolute atomic E-state index is 12.2. The van der Waals surface area contributed by atoms with Crippen molar-refractivity contribution in [3.63, 3.8) is 0 Å².